The summed E-state index contributed by atoms with van der Waals surface area (Å²) >= 11 is 0. The van der Waals surface area contributed by atoms with Gasteiger partial charge in [0.2, 0.25) is 0 Å². The topological polar surface area (TPSA) is 50.4 Å². The quantitative estimate of drug-likeness (QED) is 0.804. The van der Waals surface area contributed by atoms with E-state index in [9.17, 15) is 9.90 Å². The van der Waals surface area contributed by atoms with Gasteiger partial charge in [0.25, 0.3) is 0 Å². The Labute approximate surface area is 142 Å². The minimum absolute atomic E-state index is 0.000365. The van der Waals surface area contributed by atoms with Gasteiger partial charge in [-0.3, -0.25) is 0 Å². The molecule has 0 aliphatic heterocycles. The van der Waals surface area contributed by atoms with Crippen LogP contribution in [-0.4, -0.2) is 5.11 Å². The van der Waals surface area contributed by atoms with Gasteiger partial charge in [0.1, 0.15) is 11.5 Å². The van der Waals surface area contributed by atoms with E-state index in [0.29, 0.717) is 11.3 Å². The number of allylic oxidation sites excluding steroid dienone is 5. The molecule has 0 saturated heterocycles. The molecule has 124 valence electrons. The first-order chi connectivity index (χ1) is 11.4. The first-order valence-corrected chi connectivity index (χ1v) is 7.82. The molecule has 24 heavy (non-hydrogen) atoms. The molecular formula is C21H22O3. The Kier molecular flexibility index (Phi) is 5.59. The van der Waals surface area contributed by atoms with E-state index in [2.05, 4.69) is 0 Å². The molecule has 1 aromatic carbocycles. The summed E-state index contributed by atoms with van der Waals surface area (Å²) in [6.45, 7) is 7.13. The highest BCUT2D eigenvalue weighted by molar-refractivity contribution is 5.67. The van der Waals surface area contributed by atoms with Crippen molar-refractivity contribution in [2.24, 2.45) is 0 Å². The highest BCUT2D eigenvalue weighted by atomic mass is 16.4. The molecule has 0 bridgehead atoms. The Morgan fingerprint density at radius 3 is 2.42 bits per heavy atom. The Bertz CT molecular complexity index is 866. The van der Waals surface area contributed by atoms with Crippen LogP contribution in [0.1, 0.15) is 36.3 Å². The van der Waals surface area contributed by atoms with E-state index in [4.69, 9.17) is 4.42 Å². The van der Waals surface area contributed by atoms with Crippen LogP contribution in [0.5, 0.6) is 5.75 Å². The van der Waals surface area contributed by atoms with Gasteiger partial charge in [-0.1, -0.05) is 60.2 Å². The van der Waals surface area contributed by atoms with Crippen LogP contribution < -0.4 is 5.63 Å². The molecule has 1 aromatic heterocycles. The van der Waals surface area contributed by atoms with Gasteiger partial charge in [0.15, 0.2) is 0 Å². The van der Waals surface area contributed by atoms with Crippen molar-refractivity contribution in [1.29, 1.82) is 0 Å². The Morgan fingerprint density at radius 2 is 1.75 bits per heavy atom. The van der Waals surface area contributed by atoms with Crippen LogP contribution in [0.2, 0.25) is 0 Å². The van der Waals surface area contributed by atoms with Crippen molar-refractivity contribution < 1.29 is 9.52 Å². The molecule has 3 nitrogen and oxygen atoms in total. The number of hydrogen-bond donors (Lipinski definition) is 1. The maximum Gasteiger partial charge on any atom is 0.342 e. The number of rotatable bonds is 4. The van der Waals surface area contributed by atoms with Crippen LogP contribution in [0, 0.1) is 13.8 Å². The lowest BCUT2D eigenvalue weighted by Crippen LogP contribution is -2.07. The highest BCUT2D eigenvalue weighted by Crippen LogP contribution is 2.27. The second kappa shape index (κ2) is 7.64. The zero-order valence-corrected chi connectivity index (χ0v) is 14.5. The molecule has 0 fully saturated rings. The number of hydrogen-bond acceptors (Lipinski definition) is 3. The molecule has 0 radical (unpaired) electrons. The summed E-state index contributed by atoms with van der Waals surface area (Å²) < 4.78 is 5.33. The van der Waals surface area contributed by atoms with E-state index in [-0.39, 0.29) is 11.3 Å². The van der Waals surface area contributed by atoms with Crippen molar-refractivity contribution in [3.05, 3.63) is 87.0 Å². The lowest BCUT2D eigenvalue weighted by atomic mass is 10.0. The van der Waals surface area contributed by atoms with Crippen molar-refractivity contribution in [2.45, 2.75) is 27.7 Å². The molecule has 1 N–H and O–H groups in total. The Morgan fingerprint density at radius 1 is 1.08 bits per heavy atom. The summed E-state index contributed by atoms with van der Waals surface area (Å²) in [4.78, 5) is 11.8. The zero-order valence-electron chi connectivity index (χ0n) is 14.5. The second-order valence-corrected chi connectivity index (χ2v) is 5.83. The average Bonchev–Trinajstić information content (AvgIpc) is 2.57. The molecule has 3 heteroatoms. The van der Waals surface area contributed by atoms with Crippen LogP contribution in [0.3, 0.4) is 0 Å². The van der Waals surface area contributed by atoms with E-state index in [1.165, 1.54) is 0 Å². The lowest BCUT2D eigenvalue weighted by Gasteiger charge is -2.08. The van der Waals surface area contributed by atoms with Crippen molar-refractivity contribution in [3.63, 3.8) is 0 Å². The van der Waals surface area contributed by atoms with E-state index < -0.39 is 5.63 Å². The van der Waals surface area contributed by atoms with Gasteiger partial charge in [-0.15, -0.1) is 0 Å². The molecule has 2 rings (SSSR count). The van der Waals surface area contributed by atoms with Gasteiger partial charge in [-0.2, -0.15) is 0 Å². The third-order valence-corrected chi connectivity index (χ3v) is 3.80. The minimum atomic E-state index is -0.508. The van der Waals surface area contributed by atoms with E-state index >= 15 is 0 Å². The summed E-state index contributed by atoms with van der Waals surface area (Å²) in [5.74, 6) is 0.419. The van der Waals surface area contributed by atoms with E-state index in [1.54, 1.807) is 13.8 Å². The van der Waals surface area contributed by atoms with Crippen LogP contribution in [-0.2, 0) is 0 Å². The average molecular weight is 322 g/mol. The van der Waals surface area contributed by atoms with Crippen molar-refractivity contribution in [1.82, 2.24) is 0 Å². The fourth-order valence-electron chi connectivity index (χ4n) is 2.44. The lowest BCUT2D eigenvalue weighted by molar-refractivity contribution is 0.428. The molecule has 0 atom stereocenters. The summed E-state index contributed by atoms with van der Waals surface area (Å²) in [5.41, 5.74) is 3.25. The third kappa shape index (κ3) is 4.13. The fraction of sp³-hybridized carbons (Fsp3) is 0.190. The monoisotopic (exact) mass is 322 g/mol. The fourth-order valence-corrected chi connectivity index (χ4v) is 2.44. The first kappa shape index (κ1) is 17.5. The SMILES string of the molecule is CC(=C\C=C\c1ccccc1)/C=C(\C)c1oc(=O)c(C)c(O)c1C. The molecule has 0 amide bonds. The Hall–Kier alpha value is -2.81. The van der Waals surface area contributed by atoms with Gasteiger partial charge in [0.05, 0.1) is 5.56 Å². The van der Waals surface area contributed by atoms with Crippen molar-refractivity contribution in [2.75, 3.05) is 0 Å². The predicted octanol–water partition coefficient (Wildman–Crippen LogP) is 5.03. The number of aromatic hydroxyl groups is 1. The summed E-state index contributed by atoms with van der Waals surface area (Å²) in [6, 6.07) is 10.0. The van der Waals surface area contributed by atoms with Crippen LogP contribution in [0.15, 0.2) is 63.3 Å². The summed E-state index contributed by atoms with van der Waals surface area (Å²) in [7, 11) is 0. The molecule has 0 saturated carbocycles. The van der Waals surface area contributed by atoms with Crippen molar-refractivity contribution >= 4 is 11.6 Å². The summed E-state index contributed by atoms with van der Waals surface area (Å²) in [5, 5.41) is 10.0. The normalized spacial score (nSPS) is 12.8. The summed E-state index contributed by atoms with van der Waals surface area (Å²) in [6.07, 6.45) is 7.91. The van der Waals surface area contributed by atoms with Crippen LogP contribution in [0.25, 0.3) is 11.6 Å². The molecule has 1 heterocycles. The highest BCUT2D eigenvalue weighted by Gasteiger charge is 2.14. The zero-order chi connectivity index (χ0) is 17.7. The van der Waals surface area contributed by atoms with Gasteiger partial charge < -0.3 is 9.52 Å². The van der Waals surface area contributed by atoms with Crippen LogP contribution in [0.4, 0.5) is 0 Å². The van der Waals surface area contributed by atoms with Gasteiger partial charge in [-0.05, 0) is 38.8 Å². The minimum Gasteiger partial charge on any atom is -0.507 e. The van der Waals surface area contributed by atoms with Gasteiger partial charge in [-0.25, -0.2) is 4.79 Å². The second-order valence-electron chi connectivity index (χ2n) is 5.83. The molecule has 0 unspecified atom stereocenters. The predicted molar refractivity (Wildman–Crippen MR) is 99.0 cm³/mol. The van der Waals surface area contributed by atoms with E-state index in [0.717, 1.165) is 16.7 Å². The molecule has 0 aliphatic carbocycles. The Balaban J connectivity index is 2.26. The van der Waals surface area contributed by atoms with Gasteiger partial charge >= 0.3 is 5.63 Å². The smallest absolute Gasteiger partial charge is 0.342 e. The maximum atomic E-state index is 11.8. The maximum absolute atomic E-state index is 11.8. The molecule has 0 aliphatic rings. The van der Waals surface area contributed by atoms with E-state index in [1.807, 2.05) is 68.5 Å². The van der Waals surface area contributed by atoms with Crippen LogP contribution >= 0.6 is 0 Å². The van der Waals surface area contributed by atoms with Gasteiger partial charge in [0, 0.05) is 5.56 Å². The largest absolute Gasteiger partial charge is 0.507 e. The van der Waals surface area contributed by atoms with Crippen molar-refractivity contribution in [3.8, 4) is 5.75 Å². The standard InChI is InChI=1S/C21H22O3/c1-14(9-8-12-18-10-6-5-7-11-18)13-15(2)20-16(3)19(22)17(4)21(23)24-20/h5-13,22H,1-4H3/b12-8+,14-9+,15-13+. The molecule has 2 aromatic rings. The first-order valence-electron chi connectivity index (χ1n) is 7.82. The molecular weight excluding hydrogens is 300 g/mol. The number of benzene rings is 1. The molecule has 0 spiro atoms. The third-order valence-electron chi connectivity index (χ3n) is 3.80.